The van der Waals surface area contributed by atoms with Crippen LogP contribution in [0.1, 0.15) is 11.4 Å². The number of aromatic nitrogens is 1. The summed E-state index contributed by atoms with van der Waals surface area (Å²) in [6.45, 7) is 4.11. The highest BCUT2D eigenvalue weighted by Crippen LogP contribution is 2.28. The predicted molar refractivity (Wildman–Crippen MR) is 72.4 cm³/mol. The molecule has 1 aromatic heterocycles. The average molecular weight is 300 g/mol. The van der Waals surface area contributed by atoms with E-state index in [1.165, 1.54) is 0 Å². The number of nitrogens with zero attached hydrogens (tertiary/aromatic N) is 1. The van der Waals surface area contributed by atoms with Crippen LogP contribution in [-0.4, -0.2) is 4.57 Å². The summed E-state index contributed by atoms with van der Waals surface area (Å²) in [5.41, 5.74) is 9.64. The highest BCUT2D eigenvalue weighted by molar-refractivity contribution is 9.10. The minimum Gasteiger partial charge on any atom is -0.398 e. The van der Waals surface area contributed by atoms with Gasteiger partial charge in [-0.2, -0.15) is 0 Å². The van der Waals surface area contributed by atoms with Gasteiger partial charge in [-0.15, -0.1) is 0 Å². The summed E-state index contributed by atoms with van der Waals surface area (Å²) in [5.74, 6) is 0. The number of aryl methyl sites for hydroxylation is 1. The molecule has 0 atom stereocenters. The van der Waals surface area contributed by atoms with Crippen molar-refractivity contribution in [2.75, 3.05) is 5.73 Å². The summed E-state index contributed by atoms with van der Waals surface area (Å²) >= 11 is 9.54. The van der Waals surface area contributed by atoms with Gasteiger partial charge in [-0.3, -0.25) is 0 Å². The van der Waals surface area contributed by atoms with Gasteiger partial charge >= 0.3 is 0 Å². The van der Waals surface area contributed by atoms with Crippen molar-refractivity contribution in [1.29, 1.82) is 0 Å². The topological polar surface area (TPSA) is 30.9 Å². The normalized spacial score (nSPS) is 10.8. The van der Waals surface area contributed by atoms with Gasteiger partial charge in [-0.1, -0.05) is 11.6 Å². The molecule has 0 saturated heterocycles. The molecule has 0 unspecified atom stereocenters. The number of nitrogens with two attached hydrogens (primary N) is 1. The maximum absolute atomic E-state index is 6.03. The molecule has 2 rings (SSSR count). The number of benzene rings is 1. The maximum Gasteiger partial charge on any atom is 0.0656 e. The fraction of sp³-hybridized carbons (Fsp3) is 0.167. The summed E-state index contributed by atoms with van der Waals surface area (Å²) in [6, 6.07) is 7.75. The second kappa shape index (κ2) is 4.15. The van der Waals surface area contributed by atoms with Gasteiger partial charge in [0.2, 0.25) is 0 Å². The molecular weight excluding hydrogens is 288 g/mol. The molecule has 1 aromatic carbocycles. The van der Waals surface area contributed by atoms with E-state index in [1.807, 2.05) is 18.2 Å². The molecule has 0 amide bonds. The van der Waals surface area contributed by atoms with Crippen LogP contribution in [0.5, 0.6) is 0 Å². The van der Waals surface area contributed by atoms with Crippen LogP contribution < -0.4 is 5.73 Å². The zero-order valence-corrected chi connectivity index (χ0v) is 11.4. The highest BCUT2D eigenvalue weighted by atomic mass is 79.9. The van der Waals surface area contributed by atoms with Crippen molar-refractivity contribution in [1.82, 2.24) is 4.57 Å². The van der Waals surface area contributed by atoms with Crippen molar-refractivity contribution in [3.8, 4) is 5.69 Å². The third-order valence-corrected chi connectivity index (χ3v) is 3.74. The quantitative estimate of drug-likeness (QED) is 0.790. The predicted octanol–water partition coefficient (Wildman–Crippen LogP) is 4.09. The molecule has 2 aromatic rings. The van der Waals surface area contributed by atoms with Crippen LogP contribution in [0.25, 0.3) is 5.69 Å². The number of hydrogen-bond donors (Lipinski definition) is 1. The standard InChI is InChI=1S/C12H12BrClN2/c1-7-5-10(13)8(2)16(7)9-3-4-12(15)11(14)6-9/h3-6H,15H2,1-2H3. The molecular formula is C12H12BrClN2. The molecule has 0 saturated carbocycles. The van der Waals surface area contributed by atoms with E-state index in [9.17, 15) is 0 Å². The van der Waals surface area contributed by atoms with Crippen LogP contribution in [0.2, 0.25) is 5.02 Å². The van der Waals surface area contributed by atoms with Crippen molar-refractivity contribution < 1.29 is 0 Å². The minimum absolute atomic E-state index is 0.584. The van der Waals surface area contributed by atoms with Crippen LogP contribution in [0, 0.1) is 13.8 Å². The lowest BCUT2D eigenvalue weighted by atomic mass is 10.2. The molecule has 16 heavy (non-hydrogen) atoms. The Labute approximate surface area is 108 Å². The number of rotatable bonds is 1. The molecule has 0 aliphatic carbocycles. The van der Waals surface area contributed by atoms with E-state index in [2.05, 4.69) is 40.4 Å². The Morgan fingerprint density at radius 3 is 2.44 bits per heavy atom. The lowest BCUT2D eigenvalue weighted by molar-refractivity contribution is 0.963. The van der Waals surface area contributed by atoms with Gasteiger partial charge in [0.05, 0.1) is 10.7 Å². The molecule has 0 aliphatic rings. The molecule has 2 N–H and O–H groups in total. The van der Waals surface area contributed by atoms with Crippen LogP contribution >= 0.6 is 27.5 Å². The van der Waals surface area contributed by atoms with Gasteiger partial charge in [0.15, 0.2) is 0 Å². The van der Waals surface area contributed by atoms with Crippen LogP contribution in [0.3, 0.4) is 0 Å². The van der Waals surface area contributed by atoms with Crippen LogP contribution in [0.15, 0.2) is 28.7 Å². The number of anilines is 1. The first kappa shape index (κ1) is 11.6. The zero-order chi connectivity index (χ0) is 11.9. The highest BCUT2D eigenvalue weighted by Gasteiger charge is 2.09. The van der Waals surface area contributed by atoms with Crippen molar-refractivity contribution in [3.05, 3.63) is 45.1 Å². The van der Waals surface area contributed by atoms with Gasteiger partial charge in [0.1, 0.15) is 0 Å². The summed E-state index contributed by atoms with van der Waals surface area (Å²) in [5, 5.41) is 0.584. The first-order chi connectivity index (χ1) is 7.50. The second-order valence-corrected chi connectivity index (χ2v) is 5.02. The fourth-order valence-electron chi connectivity index (χ4n) is 1.78. The van der Waals surface area contributed by atoms with E-state index < -0.39 is 0 Å². The van der Waals surface area contributed by atoms with Gasteiger partial charge in [0.25, 0.3) is 0 Å². The van der Waals surface area contributed by atoms with E-state index in [1.54, 1.807) is 0 Å². The average Bonchev–Trinajstić information content (AvgIpc) is 2.47. The minimum atomic E-state index is 0.584. The Kier molecular flexibility index (Phi) is 3.00. The van der Waals surface area contributed by atoms with Crippen molar-refractivity contribution in [2.24, 2.45) is 0 Å². The van der Waals surface area contributed by atoms with E-state index in [4.69, 9.17) is 17.3 Å². The first-order valence-corrected chi connectivity index (χ1v) is 6.07. The summed E-state index contributed by atoms with van der Waals surface area (Å²) < 4.78 is 3.23. The van der Waals surface area contributed by atoms with Gasteiger partial charge in [-0.05, 0) is 54.0 Å². The lowest BCUT2D eigenvalue weighted by Gasteiger charge is -2.10. The molecule has 1 heterocycles. The SMILES string of the molecule is Cc1cc(Br)c(C)n1-c1ccc(N)c(Cl)c1. The van der Waals surface area contributed by atoms with Gasteiger partial charge < -0.3 is 10.3 Å². The second-order valence-electron chi connectivity index (χ2n) is 3.76. The molecule has 84 valence electrons. The lowest BCUT2D eigenvalue weighted by Crippen LogP contribution is -1.99. The molecule has 4 heteroatoms. The Balaban J connectivity index is 2.63. The molecule has 0 radical (unpaired) electrons. The van der Waals surface area contributed by atoms with Crippen molar-refractivity contribution >= 4 is 33.2 Å². The molecule has 2 nitrogen and oxygen atoms in total. The Hall–Kier alpha value is -0.930. The Morgan fingerprint density at radius 2 is 1.94 bits per heavy atom. The van der Waals surface area contributed by atoms with Crippen molar-refractivity contribution in [3.63, 3.8) is 0 Å². The summed E-state index contributed by atoms with van der Waals surface area (Å²) in [6.07, 6.45) is 0. The third-order valence-electron chi connectivity index (χ3n) is 2.61. The number of halogens is 2. The number of nitrogen functional groups attached to an aromatic ring is 1. The van der Waals surface area contributed by atoms with Crippen molar-refractivity contribution in [2.45, 2.75) is 13.8 Å². The van der Waals surface area contributed by atoms with E-state index in [0.717, 1.165) is 21.5 Å². The molecule has 0 spiro atoms. The first-order valence-electron chi connectivity index (χ1n) is 4.90. The van der Waals surface area contributed by atoms with E-state index >= 15 is 0 Å². The summed E-state index contributed by atoms with van der Waals surface area (Å²) in [4.78, 5) is 0. The van der Waals surface area contributed by atoms with Crippen LogP contribution in [0.4, 0.5) is 5.69 Å². The fourth-order valence-corrected chi connectivity index (χ4v) is 2.46. The van der Waals surface area contributed by atoms with Crippen LogP contribution in [-0.2, 0) is 0 Å². The Morgan fingerprint density at radius 1 is 1.25 bits per heavy atom. The van der Waals surface area contributed by atoms with E-state index in [0.29, 0.717) is 10.7 Å². The van der Waals surface area contributed by atoms with Gasteiger partial charge in [-0.25, -0.2) is 0 Å². The maximum atomic E-state index is 6.03. The smallest absolute Gasteiger partial charge is 0.0656 e. The number of hydrogen-bond acceptors (Lipinski definition) is 1. The zero-order valence-electron chi connectivity index (χ0n) is 9.09. The monoisotopic (exact) mass is 298 g/mol. The molecule has 0 bridgehead atoms. The van der Waals surface area contributed by atoms with Gasteiger partial charge in [0, 0.05) is 21.5 Å². The van der Waals surface area contributed by atoms with E-state index in [-0.39, 0.29) is 0 Å². The summed E-state index contributed by atoms with van der Waals surface area (Å²) in [7, 11) is 0. The Bertz CT molecular complexity index is 546. The molecule has 0 aliphatic heterocycles. The molecule has 0 fully saturated rings. The third kappa shape index (κ3) is 1.85. The largest absolute Gasteiger partial charge is 0.398 e.